The molecule has 0 heterocycles. The van der Waals surface area contributed by atoms with Crippen LogP contribution >= 0.6 is 0 Å². The average molecular weight is 285 g/mol. The number of rotatable bonds is 5. The van der Waals surface area contributed by atoms with Crippen molar-refractivity contribution in [1.82, 2.24) is 5.32 Å². The smallest absolute Gasteiger partial charge is 0.109 e. The molecule has 0 amide bonds. The second-order valence-corrected chi connectivity index (χ2v) is 6.42. The van der Waals surface area contributed by atoms with Gasteiger partial charge in [0.05, 0.1) is 6.07 Å². The molecular formula is C18H27N3. The SMILES string of the molecule is CNC1(C#N)CCCC1CCN(C)c1ccc(C)cc1C. The van der Waals surface area contributed by atoms with Gasteiger partial charge in [-0.25, -0.2) is 0 Å². The van der Waals surface area contributed by atoms with Crippen LogP contribution in [0.4, 0.5) is 5.69 Å². The van der Waals surface area contributed by atoms with E-state index < -0.39 is 0 Å². The van der Waals surface area contributed by atoms with Gasteiger partial charge in [-0.05, 0) is 57.7 Å². The Bertz CT molecular complexity index is 532. The lowest BCUT2D eigenvalue weighted by Gasteiger charge is -2.30. The van der Waals surface area contributed by atoms with Gasteiger partial charge in [-0.2, -0.15) is 5.26 Å². The van der Waals surface area contributed by atoms with Gasteiger partial charge < -0.3 is 10.2 Å². The van der Waals surface area contributed by atoms with Crippen molar-refractivity contribution in [2.75, 3.05) is 25.5 Å². The molecule has 2 unspecified atom stereocenters. The van der Waals surface area contributed by atoms with Crippen LogP contribution in [0, 0.1) is 31.1 Å². The molecule has 1 fully saturated rings. The van der Waals surface area contributed by atoms with E-state index in [9.17, 15) is 5.26 Å². The zero-order valence-electron chi connectivity index (χ0n) is 13.7. The van der Waals surface area contributed by atoms with Gasteiger partial charge in [0.1, 0.15) is 5.54 Å². The maximum atomic E-state index is 9.52. The highest BCUT2D eigenvalue weighted by Crippen LogP contribution is 2.37. The highest BCUT2D eigenvalue weighted by atomic mass is 15.1. The van der Waals surface area contributed by atoms with Crippen LogP contribution in [0.15, 0.2) is 18.2 Å². The summed E-state index contributed by atoms with van der Waals surface area (Å²) in [5.74, 6) is 0.459. The van der Waals surface area contributed by atoms with E-state index in [1.54, 1.807) is 0 Å². The number of anilines is 1. The Hall–Kier alpha value is -1.53. The molecule has 114 valence electrons. The van der Waals surface area contributed by atoms with Crippen LogP contribution in [0.25, 0.3) is 0 Å². The molecule has 0 saturated heterocycles. The Morgan fingerprint density at radius 1 is 1.43 bits per heavy atom. The van der Waals surface area contributed by atoms with Gasteiger partial charge in [0.25, 0.3) is 0 Å². The Labute approximate surface area is 129 Å². The Kier molecular flexibility index (Phi) is 4.90. The average Bonchev–Trinajstić information content (AvgIpc) is 2.88. The zero-order chi connectivity index (χ0) is 15.5. The Morgan fingerprint density at radius 2 is 2.19 bits per heavy atom. The monoisotopic (exact) mass is 285 g/mol. The second-order valence-electron chi connectivity index (χ2n) is 6.42. The third-order valence-electron chi connectivity index (χ3n) is 5.04. The molecule has 0 aliphatic heterocycles. The minimum absolute atomic E-state index is 0.302. The first-order valence-corrected chi connectivity index (χ1v) is 7.91. The summed E-state index contributed by atoms with van der Waals surface area (Å²) in [6.45, 7) is 5.30. The molecule has 1 N–H and O–H groups in total. The predicted octanol–water partition coefficient (Wildman–Crippen LogP) is 3.41. The maximum Gasteiger partial charge on any atom is 0.109 e. The van der Waals surface area contributed by atoms with Gasteiger partial charge in [0, 0.05) is 19.3 Å². The summed E-state index contributed by atoms with van der Waals surface area (Å²) < 4.78 is 0. The molecule has 1 aromatic rings. The summed E-state index contributed by atoms with van der Waals surface area (Å²) >= 11 is 0. The number of aryl methyl sites for hydroxylation is 2. The number of nitrogens with zero attached hydrogens (tertiary/aromatic N) is 2. The summed E-state index contributed by atoms with van der Waals surface area (Å²) in [7, 11) is 4.08. The lowest BCUT2D eigenvalue weighted by molar-refractivity contribution is 0.323. The second kappa shape index (κ2) is 6.49. The quantitative estimate of drug-likeness (QED) is 0.901. The van der Waals surface area contributed by atoms with E-state index in [1.807, 2.05) is 7.05 Å². The number of nitrogens with one attached hydrogen (secondary N) is 1. The standard InChI is InChI=1S/C18H27N3/c1-14-7-8-17(15(2)12-14)21(4)11-9-16-6-5-10-18(16,13-19)20-3/h7-8,12,16,20H,5-6,9-11H2,1-4H3. The zero-order valence-corrected chi connectivity index (χ0v) is 13.7. The van der Waals surface area contributed by atoms with Crippen molar-refractivity contribution < 1.29 is 0 Å². The molecule has 0 bridgehead atoms. The normalized spacial score (nSPS) is 24.8. The van der Waals surface area contributed by atoms with Crippen molar-refractivity contribution in [3.63, 3.8) is 0 Å². The molecule has 0 spiro atoms. The molecule has 2 rings (SSSR count). The van der Waals surface area contributed by atoms with Crippen molar-refractivity contribution in [3.05, 3.63) is 29.3 Å². The number of hydrogen-bond acceptors (Lipinski definition) is 3. The minimum Gasteiger partial charge on any atom is -0.374 e. The molecule has 3 nitrogen and oxygen atoms in total. The highest BCUT2D eigenvalue weighted by molar-refractivity contribution is 5.53. The van der Waals surface area contributed by atoms with E-state index in [4.69, 9.17) is 0 Å². The molecule has 1 saturated carbocycles. The Morgan fingerprint density at radius 3 is 2.81 bits per heavy atom. The number of hydrogen-bond donors (Lipinski definition) is 1. The van der Waals surface area contributed by atoms with E-state index in [-0.39, 0.29) is 5.54 Å². The van der Waals surface area contributed by atoms with E-state index in [0.717, 1.165) is 32.2 Å². The van der Waals surface area contributed by atoms with Crippen molar-refractivity contribution in [2.45, 2.75) is 45.1 Å². The number of nitriles is 1. The molecule has 3 heteroatoms. The van der Waals surface area contributed by atoms with Crippen molar-refractivity contribution in [2.24, 2.45) is 5.92 Å². The molecular weight excluding hydrogens is 258 g/mol. The Balaban J connectivity index is 2.01. The van der Waals surface area contributed by atoms with Gasteiger partial charge >= 0.3 is 0 Å². The molecule has 1 aliphatic carbocycles. The van der Waals surface area contributed by atoms with E-state index >= 15 is 0 Å². The van der Waals surface area contributed by atoms with Gasteiger partial charge in [-0.15, -0.1) is 0 Å². The fourth-order valence-corrected chi connectivity index (χ4v) is 3.70. The van der Waals surface area contributed by atoms with Crippen molar-refractivity contribution >= 4 is 5.69 Å². The van der Waals surface area contributed by atoms with E-state index in [1.165, 1.54) is 16.8 Å². The predicted molar refractivity (Wildman–Crippen MR) is 88.5 cm³/mol. The van der Waals surface area contributed by atoms with Crippen LogP contribution < -0.4 is 10.2 Å². The lowest BCUT2D eigenvalue weighted by Crippen LogP contribution is -2.45. The van der Waals surface area contributed by atoms with Gasteiger partial charge in [-0.3, -0.25) is 0 Å². The van der Waals surface area contributed by atoms with Crippen LogP contribution in [0.2, 0.25) is 0 Å². The maximum absolute atomic E-state index is 9.52. The highest BCUT2D eigenvalue weighted by Gasteiger charge is 2.41. The van der Waals surface area contributed by atoms with E-state index in [2.05, 4.69) is 55.4 Å². The lowest BCUT2D eigenvalue weighted by atomic mass is 9.86. The van der Waals surface area contributed by atoms with E-state index in [0.29, 0.717) is 5.92 Å². The molecule has 1 aliphatic rings. The third kappa shape index (κ3) is 3.22. The van der Waals surface area contributed by atoms with Gasteiger partial charge in [0.2, 0.25) is 0 Å². The fraction of sp³-hybridized carbons (Fsp3) is 0.611. The summed E-state index contributed by atoms with van der Waals surface area (Å²) in [6.07, 6.45) is 4.37. The topological polar surface area (TPSA) is 39.1 Å². The summed E-state index contributed by atoms with van der Waals surface area (Å²) in [5.41, 5.74) is 3.62. The molecule has 0 aromatic heterocycles. The van der Waals surface area contributed by atoms with Crippen molar-refractivity contribution in [3.8, 4) is 6.07 Å². The first-order chi connectivity index (χ1) is 10.0. The van der Waals surface area contributed by atoms with Crippen LogP contribution in [0.3, 0.4) is 0 Å². The largest absolute Gasteiger partial charge is 0.374 e. The first-order valence-electron chi connectivity index (χ1n) is 7.91. The summed E-state index contributed by atoms with van der Waals surface area (Å²) in [4.78, 5) is 2.32. The fourth-order valence-electron chi connectivity index (χ4n) is 3.70. The van der Waals surface area contributed by atoms with Gasteiger partial charge in [-0.1, -0.05) is 24.1 Å². The number of benzene rings is 1. The molecule has 21 heavy (non-hydrogen) atoms. The molecule has 0 radical (unpaired) electrons. The van der Waals surface area contributed by atoms with Gasteiger partial charge in [0.15, 0.2) is 0 Å². The first kappa shape index (κ1) is 15.9. The molecule has 2 atom stereocenters. The third-order valence-corrected chi connectivity index (χ3v) is 5.04. The minimum atomic E-state index is -0.302. The van der Waals surface area contributed by atoms with Crippen molar-refractivity contribution in [1.29, 1.82) is 5.26 Å². The summed E-state index contributed by atoms with van der Waals surface area (Å²) in [6, 6.07) is 9.13. The van der Waals surface area contributed by atoms with Crippen LogP contribution in [0.5, 0.6) is 0 Å². The van der Waals surface area contributed by atoms with Crippen LogP contribution in [-0.4, -0.2) is 26.2 Å². The molecule has 1 aromatic carbocycles. The van der Waals surface area contributed by atoms with Crippen LogP contribution in [-0.2, 0) is 0 Å². The van der Waals surface area contributed by atoms with Crippen LogP contribution in [0.1, 0.15) is 36.8 Å². The summed E-state index contributed by atoms with van der Waals surface area (Å²) in [5, 5.41) is 12.8.